The second-order valence-corrected chi connectivity index (χ2v) is 7.25. The maximum Gasteiger partial charge on any atom is 0.161 e. The Morgan fingerprint density at radius 3 is 2.73 bits per heavy atom. The van der Waals surface area contributed by atoms with Gasteiger partial charge < -0.3 is 10.2 Å². The zero-order valence-corrected chi connectivity index (χ0v) is 16.1. The van der Waals surface area contributed by atoms with Crippen LogP contribution >= 0.6 is 11.6 Å². The van der Waals surface area contributed by atoms with Crippen LogP contribution in [0.3, 0.4) is 0 Å². The number of halogens is 1. The Morgan fingerprint density at radius 1 is 1.27 bits per heavy atom. The third kappa shape index (κ3) is 4.34. The summed E-state index contributed by atoms with van der Waals surface area (Å²) in [4.78, 5) is 8.95. The lowest BCUT2D eigenvalue weighted by Gasteiger charge is -2.31. The minimum absolute atomic E-state index is 0.305. The van der Waals surface area contributed by atoms with Gasteiger partial charge in [-0.3, -0.25) is 4.90 Å². The van der Waals surface area contributed by atoms with Crippen LogP contribution in [0.5, 0.6) is 0 Å². The molecule has 2 heterocycles. The van der Waals surface area contributed by atoms with Crippen LogP contribution < -0.4 is 5.32 Å². The molecule has 1 aliphatic heterocycles. The van der Waals surface area contributed by atoms with Gasteiger partial charge in [0.15, 0.2) is 5.69 Å². The highest BCUT2D eigenvalue weighted by Gasteiger charge is 2.25. The minimum Gasteiger partial charge on any atom is -0.369 e. The zero-order valence-electron chi connectivity index (χ0n) is 15.3. The summed E-state index contributed by atoms with van der Waals surface area (Å²) in [5.74, 6) is 0.808. The number of aromatic nitrogens is 1. The molecule has 0 fully saturated rings. The SMILES string of the molecule is CN(C)CCNc1nc(C#N)c(Cl)c2c1CCN(Cc1ccccc1)C2. The van der Waals surface area contributed by atoms with Crippen molar-refractivity contribution in [3.63, 3.8) is 0 Å². The van der Waals surface area contributed by atoms with E-state index in [1.807, 2.05) is 20.2 Å². The summed E-state index contributed by atoms with van der Waals surface area (Å²) >= 11 is 6.50. The van der Waals surface area contributed by atoms with Crippen molar-refractivity contribution in [2.24, 2.45) is 0 Å². The quantitative estimate of drug-likeness (QED) is 0.847. The van der Waals surface area contributed by atoms with Crippen molar-refractivity contribution in [3.05, 3.63) is 57.7 Å². The molecule has 0 amide bonds. The molecule has 0 atom stereocenters. The first-order valence-electron chi connectivity index (χ1n) is 8.84. The topological polar surface area (TPSA) is 55.2 Å². The molecular weight excluding hydrogens is 346 g/mol. The van der Waals surface area contributed by atoms with Gasteiger partial charge in [0.2, 0.25) is 0 Å². The largest absolute Gasteiger partial charge is 0.369 e. The molecule has 0 unspecified atom stereocenters. The fourth-order valence-corrected chi connectivity index (χ4v) is 3.51. The van der Waals surface area contributed by atoms with E-state index in [1.54, 1.807) is 0 Å². The lowest BCUT2D eigenvalue weighted by atomic mass is 9.99. The molecule has 1 aliphatic rings. The van der Waals surface area contributed by atoms with E-state index in [2.05, 4.69) is 50.4 Å². The first-order valence-corrected chi connectivity index (χ1v) is 9.22. The Kier molecular flexibility index (Phi) is 6.10. The molecule has 6 heteroatoms. The predicted molar refractivity (Wildman–Crippen MR) is 105 cm³/mol. The van der Waals surface area contributed by atoms with Gasteiger partial charge >= 0.3 is 0 Å². The molecule has 136 valence electrons. The Hall–Kier alpha value is -2.13. The van der Waals surface area contributed by atoms with Crippen LogP contribution in [0.1, 0.15) is 22.4 Å². The number of nitrogens with one attached hydrogen (secondary N) is 1. The van der Waals surface area contributed by atoms with Crippen molar-refractivity contribution < 1.29 is 0 Å². The second kappa shape index (κ2) is 8.50. The van der Waals surface area contributed by atoms with E-state index >= 15 is 0 Å². The van der Waals surface area contributed by atoms with Crippen LogP contribution in [0, 0.1) is 11.3 Å². The molecule has 0 saturated heterocycles. The highest BCUT2D eigenvalue weighted by Crippen LogP contribution is 2.33. The Balaban J connectivity index is 1.82. The Bertz CT molecular complexity index is 798. The fraction of sp³-hybridized carbons (Fsp3) is 0.400. The first kappa shape index (κ1) is 18.7. The van der Waals surface area contributed by atoms with Crippen LogP contribution in [0.4, 0.5) is 5.82 Å². The van der Waals surface area contributed by atoms with E-state index in [1.165, 1.54) is 5.56 Å². The summed E-state index contributed by atoms with van der Waals surface area (Å²) in [6.45, 7) is 4.26. The van der Waals surface area contributed by atoms with Crippen molar-refractivity contribution in [2.45, 2.75) is 19.5 Å². The molecule has 1 N–H and O–H groups in total. The van der Waals surface area contributed by atoms with Crippen LogP contribution in [0.15, 0.2) is 30.3 Å². The summed E-state index contributed by atoms with van der Waals surface area (Å²) in [6, 6.07) is 12.6. The summed E-state index contributed by atoms with van der Waals surface area (Å²) in [5.41, 5.74) is 3.77. The average molecular weight is 370 g/mol. The molecular formula is C20H24ClN5. The van der Waals surface area contributed by atoms with Gasteiger partial charge in [-0.25, -0.2) is 4.98 Å². The van der Waals surface area contributed by atoms with Gasteiger partial charge in [0, 0.05) is 38.3 Å². The van der Waals surface area contributed by atoms with Gasteiger partial charge in [-0.1, -0.05) is 41.9 Å². The van der Waals surface area contributed by atoms with Crippen molar-refractivity contribution in [3.8, 4) is 6.07 Å². The number of anilines is 1. The first-order chi connectivity index (χ1) is 12.6. The number of fused-ring (bicyclic) bond motifs is 1. The number of rotatable bonds is 6. The standard InChI is InChI=1S/C20H24ClN5/c1-25(2)11-9-23-20-16-8-10-26(13-15-6-4-3-5-7-15)14-17(16)19(21)18(12-22)24-20/h3-7H,8-11,13-14H2,1-2H3,(H,23,24). The van der Waals surface area contributed by atoms with E-state index in [-0.39, 0.29) is 0 Å². The van der Waals surface area contributed by atoms with E-state index in [9.17, 15) is 5.26 Å². The number of hydrogen-bond acceptors (Lipinski definition) is 5. The molecule has 5 nitrogen and oxygen atoms in total. The molecule has 0 bridgehead atoms. The maximum absolute atomic E-state index is 9.41. The zero-order chi connectivity index (χ0) is 18.5. The second-order valence-electron chi connectivity index (χ2n) is 6.87. The third-order valence-electron chi connectivity index (χ3n) is 4.61. The Morgan fingerprint density at radius 2 is 2.04 bits per heavy atom. The summed E-state index contributed by atoms with van der Waals surface area (Å²) in [6.07, 6.45) is 0.880. The highest BCUT2D eigenvalue weighted by molar-refractivity contribution is 6.32. The number of nitrogens with zero attached hydrogens (tertiary/aromatic N) is 4. The van der Waals surface area contributed by atoms with Crippen LogP contribution in [0.25, 0.3) is 0 Å². The van der Waals surface area contributed by atoms with Crippen molar-refractivity contribution in [1.82, 2.24) is 14.8 Å². The van der Waals surface area contributed by atoms with Gasteiger partial charge in [-0.05, 0) is 31.6 Å². The number of nitriles is 1. The van der Waals surface area contributed by atoms with E-state index in [0.29, 0.717) is 10.7 Å². The molecule has 0 aliphatic carbocycles. The molecule has 1 aromatic carbocycles. The van der Waals surface area contributed by atoms with Gasteiger partial charge in [-0.2, -0.15) is 5.26 Å². The van der Waals surface area contributed by atoms with Gasteiger partial charge in [-0.15, -0.1) is 0 Å². The molecule has 0 saturated carbocycles. The number of pyridine rings is 1. The van der Waals surface area contributed by atoms with Crippen LogP contribution in [-0.2, 0) is 19.5 Å². The summed E-state index contributed by atoms with van der Waals surface area (Å²) in [5, 5.41) is 13.3. The van der Waals surface area contributed by atoms with E-state index < -0.39 is 0 Å². The smallest absolute Gasteiger partial charge is 0.161 e. The number of likely N-dealkylation sites (N-methyl/N-ethyl adjacent to an activating group) is 1. The molecule has 3 rings (SSSR count). The summed E-state index contributed by atoms with van der Waals surface area (Å²) in [7, 11) is 4.07. The molecule has 0 spiro atoms. The molecule has 26 heavy (non-hydrogen) atoms. The van der Waals surface area contributed by atoms with Crippen LogP contribution in [-0.4, -0.2) is 48.5 Å². The van der Waals surface area contributed by atoms with Crippen LogP contribution in [0.2, 0.25) is 5.02 Å². The maximum atomic E-state index is 9.41. The van der Waals surface area contributed by atoms with Crippen molar-refractivity contribution >= 4 is 17.4 Å². The molecule has 2 aromatic rings. The lowest BCUT2D eigenvalue weighted by Crippen LogP contribution is -2.32. The highest BCUT2D eigenvalue weighted by atomic mass is 35.5. The molecule has 0 radical (unpaired) electrons. The predicted octanol–water partition coefficient (Wildman–Crippen LogP) is 3.14. The monoisotopic (exact) mass is 369 g/mol. The third-order valence-corrected chi connectivity index (χ3v) is 5.02. The fourth-order valence-electron chi connectivity index (χ4n) is 3.25. The van der Waals surface area contributed by atoms with E-state index in [0.717, 1.165) is 56.1 Å². The van der Waals surface area contributed by atoms with Crippen molar-refractivity contribution in [2.75, 3.05) is 39.0 Å². The Labute approximate surface area is 160 Å². The summed E-state index contributed by atoms with van der Waals surface area (Å²) < 4.78 is 0. The van der Waals surface area contributed by atoms with Gasteiger partial charge in [0.05, 0.1) is 5.02 Å². The lowest BCUT2D eigenvalue weighted by molar-refractivity contribution is 0.245. The normalized spacial score (nSPS) is 14.1. The van der Waals surface area contributed by atoms with Gasteiger partial charge in [0.1, 0.15) is 11.9 Å². The number of benzene rings is 1. The van der Waals surface area contributed by atoms with Gasteiger partial charge in [0.25, 0.3) is 0 Å². The average Bonchev–Trinajstić information content (AvgIpc) is 2.64. The van der Waals surface area contributed by atoms with E-state index in [4.69, 9.17) is 11.6 Å². The number of hydrogen-bond donors (Lipinski definition) is 1. The molecule has 1 aromatic heterocycles. The van der Waals surface area contributed by atoms with Crippen molar-refractivity contribution in [1.29, 1.82) is 5.26 Å². The minimum atomic E-state index is 0.305.